The summed E-state index contributed by atoms with van der Waals surface area (Å²) in [5.41, 5.74) is 2.74. The minimum absolute atomic E-state index is 0.582. The molecule has 0 heterocycles. The zero-order valence-corrected chi connectivity index (χ0v) is 37.7. The molecule has 1 unspecified atom stereocenters. The molecule has 1 aromatic rings. The van der Waals surface area contributed by atoms with Crippen molar-refractivity contribution in [3.8, 4) is 5.75 Å². The first-order chi connectivity index (χ1) is 25.3. The van der Waals surface area contributed by atoms with E-state index in [4.69, 9.17) is 6.64 Å². The number of benzene rings is 1. The van der Waals surface area contributed by atoms with Gasteiger partial charge in [0.25, 0.3) is 0 Å². The Morgan fingerprint density at radius 1 is 0.500 bits per heavy atom. The van der Waals surface area contributed by atoms with Crippen LogP contribution in [-0.4, -0.2) is 6.61 Å². The van der Waals surface area contributed by atoms with Crippen molar-refractivity contribution < 1.29 is 27.3 Å². The molecule has 1 atom stereocenters. The predicted molar refractivity (Wildman–Crippen MR) is 225 cm³/mol. The number of hydrogen-bond donors (Lipinski definition) is 0. The Labute approximate surface area is 331 Å². The van der Waals surface area contributed by atoms with Gasteiger partial charge in [-0.25, -0.2) is 0 Å². The van der Waals surface area contributed by atoms with Crippen LogP contribution in [-0.2, 0) is 36.8 Å². The molecule has 0 aliphatic heterocycles. The van der Waals surface area contributed by atoms with E-state index in [-0.39, 0.29) is 0 Å². The fraction of sp³-hybridized carbons (Fsp3) is 0.875. The van der Waals surface area contributed by atoms with E-state index in [0.29, 0.717) is 11.3 Å². The van der Waals surface area contributed by atoms with Gasteiger partial charge in [-0.3, -0.25) is 0 Å². The number of aryl methyl sites for hydroxylation is 1. The third-order valence-corrected chi connectivity index (χ3v) is 14.4. The van der Waals surface area contributed by atoms with E-state index in [1.54, 1.807) is 0 Å². The second-order valence-corrected chi connectivity index (χ2v) is 21.0. The number of unbranched alkanes of at least 4 members (excludes halogenated alkanes) is 24. The molecule has 0 saturated carbocycles. The fourth-order valence-electron chi connectivity index (χ4n) is 7.62. The van der Waals surface area contributed by atoms with Crippen LogP contribution in [0, 0.1) is 11.8 Å². The molecule has 0 radical (unpaired) electrons. The van der Waals surface area contributed by atoms with Crippen LogP contribution in [0.4, 0.5) is 0 Å². The quantitative estimate of drug-likeness (QED) is 0.0495. The Morgan fingerprint density at radius 3 is 1.42 bits per heavy atom. The Morgan fingerprint density at radius 2 is 0.923 bits per heavy atom. The average molecular weight is 764 g/mol. The zero-order valence-electron chi connectivity index (χ0n) is 36.2. The Kier molecular flexibility index (Phi) is 33.3. The summed E-state index contributed by atoms with van der Waals surface area (Å²) in [4.78, 5) is 0. The summed E-state index contributed by atoms with van der Waals surface area (Å²) in [5, 5.41) is 0. The minimum atomic E-state index is -4.24. The van der Waals surface area contributed by atoms with Gasteiger partial charge >= 0.3 is 326 Å². The standard InChI is InChI=1S/C24H42O.C12H25O.C12H25.O.Ti/c1-20(2)14-9-5-7-11-16-22-17-13-19-24(25)23(22)18-12-8-6-10-15-21(3)4;1-2-3-4-5-6-7-8-9-10-11-12-13;1-3-5-7-9-11-12-10-8-6-4-2;;/h13,17,19-21,25H,5-12,14-16,18H2,1-4H3;2-12H2,1H3;1,3-12H2,2H3;;/q;-1;;;+2/p-1. The topological polar surface area (TPSA) is 35.5 Å². The Bertz CT molecular complexity index is 957. The van der Waals surface area contributed by atoms with E-state index < -0.39 is 17.3 Å². The van der Waals surface area contributed by atoms with Gasteiger partial charge < -0.3 is 0 Å². The van der Waals surface area contributed by atoms with E-state index in [0.717, 1.165) is 49.7 Å². The molecule has 4 heteroatoms. The molecule has 0 amide bonds. The van der Waals surface area contributed by atoms with Gasteiger partial charge in [0.1, 0.15) is 0 Å². The monoisotopic (exact) mass is 764 g/mol. The van der Waals surface area contributed by atoms with Crippen molar-refractivity contribution in [2.45, 2.75) is 252 Å². The van der Waals surface area contributed by atoms with Crippen molar-refractivity contribution in [1.82, 2.24) is 0 Å². The molecule has 305 valence electrons. The van der Waals surface area contributed by atoms with E-state index in [9.17, 15) is 3.32 Å². The fourth-order valence-corrected chi connectivity index (χ4v) is 10.7. The SMILES string of the molecule is CCCCCCCCCCCC[O][Ti](=[O])([CH2]CCCCCCCCCCC)[O]c1cccc(CCCCCCC(C)C)c1CCCCCCC(C)C. The first-order valence-corrected chi connectivity index (χ1v) is 26.5. The van der Waals surface area contributed by atoms with Crippen LogP contribution < -0.4 is 3.32 Å². The van der Waals surface area contributed by atoms with E-state index in [1.807, 2.05) is 0 Å². The second-order valence-electron chi connectivity index (χ2n) is 17.3. The van der Waals surface area contributed by atoms with Crippen molar-refractivity contribution in [2.75, 3.05) is 6.61 Å². The molecule has 0 saturated heterocycles. The zero-order chi connectivity index (χ0) is 38.0. The van der Waals surface area contributed by atoms with Crippen LogP contribution in [0.5, 0.6) is 5.75 Å². The van der Waals surface area contributed by atoms with Gasteiger partial charge in [0.15, 0.2) is 0 Å². The van der Waals surface area contributed by atoms with Crippen molar-refractivity contribution in [2.24, 2.45) is 11.8 Å². The molecule has 3 nitrogen and oxygen atoms in total. The van der Waals surface area contributed by atoms with Crippen molar-refractivity contribution in [1.29, 1.82) is 0 Å². The van der Waals surface area contributed by atoms with Crippen molar-refractivity contribution >= 4 is 0 Å². The van der Waals surface area contributed by atoms with Gasteiger partial charge in [-0.1, -0.05) is 6.92 Å². The maximum atomic E-state index is 14.6. The van der Waals surface area contributed by atoms with Crippen LogP contribution in [0.3, 0.4) is 0 Å². The summed E-state index contributed by atoms with van der Waals surface area (Å²) in [7, 11) is 0. The van der Waals surface area contributed by atoms with E-state index in [1.165, 1.54) is 184 Å². The second kappa shape index (κ2) is 34.9. The number of rotatable bonds is 39. The summed E-state index contributed by atoms with van der Waals surface area (Å²) in [6, 6.07) is 6.59. The van der Waals surface area contributed by atoms with Gasteiger partial charge in [-0.2, -0.15) is 0 Å². The first-order valence-electron chi connectivity index (χ1n) is 23.4. The Balaban J connectivity index is 2.87. The van der Waals surface area contributed by atoms with Crippen LogP contribution in [0.2, 0.25) is 4.73 Å². The van der Waals surface area contributed by atoms with Gasteiger partial charge in [-0.05, 0) is 0 Å². The molecule has 1 aromatic carbocycles. The first kappa shape index (κ1) is 49.5. The summed E-state index contributed by atoms with van der Waals surface area (Å²) in [6.45, 7) is 14.5. The summed E-state index contributed by atoms with van der Waals surface area (Å²) in [6.07, 6.45) is 40.7. The Hall–Kier alpha value is -0.506. The summed E-state index contributed by atoms with van der Waals surface area (Å²) in [5.74, 6) is 2.46. The summed E-state index contributed by atoms with van der Waals surface area (Å²) >= 11 is -4.24. The third kappa shape index (κ3) is 28.9. The molecule has 0 spiro atoms. The van der Waals surface area contributed by atoms with Crippen LogP contribution in [0.1, 0.15) is 245 Å². The molecule has 52 heavy (non-hydrogen) atoms. The molecule has 0 N–H and O–H groups in total. The van der Waals surface area contributed by atoms with Gasteiger partial charge in [0.2, 0.25) is 0 Å². The molecule has 0 aromatic heterocycles. The van der Waals surface area contributed by atoms with E-state index >= 15 is 0 Å². The molecule has 0 fully saturated rings. The predicted octanol–water partition coefficient (Wildman–Crippen LogP) is 17.0. The van der Waals surface area contributed by atoms with Crippen molar-refractivity contribution in [3.63, 3.8) is 0 Å². The molecular formula is C48H91O3Ti. The molecule has 0 aliphatic carbocycles. The van der Waals surface area contributed by atoms with Gasteiger partial charge in [-0.15, -0.1) is 0 Å². The van der Waals surface area contributed by atoms with E-state index in [2.05, 4.69) is 59.7 Å². The van der Waals surface area contributed by atoms with Gasteiger partial charge in [0, 0.05) is 0 Å². The average Bonchev–Trinajstić information content (AvgIpc) is 3.11. The summed E-state index contributed by atoms with van der Waals surface area (Å²) < 4.78 is 28.4. The molecular weight excluding hydrogens is 672 g/mol. The van der Waals surface area contributed by atoms with Crippen LogP contribution >= 0.6 is 0 Å². The number of hydrogen-bond acceptors (Lipinski definition) is 3. The molecule has 1 rings (SSSR count). The molecule has 0 aliphatic rings. The van der Waals surface area contributed by atoms with Crippen LogP contribution in [0.25, 0.3) is 0 Å². The maximum absolute atomic E-state index is 14.6. The van der Waals surface area contributed by atoms with Crippen molar-refractivity contribution in [3.05, 3.63) is 29.3 Å². The van der Waals surface area contributed by atoms with Gasteiger partial charge in [0.05, 0.1) is 0 Å². The van der Waals surface area contributed by atoms with Crippen LogP contribution in [0.15, 0.2) is 18.2 Å². The molecule has 0 bridgehead atoms. The normalized spacial score (nSPS) is 13.0. The third-order valence-electron chi connectivity index (χ3n) is 11.1.